The third-order valence-electron chi connectivity index (χ3n) is 2.99. The summed E-state index contributed by atoms with van der Waals surface area (Å²) in [4.78, 5) is 0. The molecule has 1 unspecified atom stereocenters. The van der Waals surface area contributed by atoms with Crippen LogP contribution in [0.4, 0.5) is 13.2 Å². The van der Waals surface area contributed by atoms with Crippen molar-refractivity contribution in [3.8, 4) is 0 Å². The number of hydrogen-bond donors (Lipinski definition) is 1. The molecule has 2 N–H and O–H groups in total. The predicted octanol–water partition coefficient (Wildman–Crippen LogP) is 3.87. The van der Waals surface area contributed by atoms with E-state index in [0.717, 1.165) is 6.07 Å². The van der Waals surface area contributed by atoms with Crippen molar-refractivity contribution in [1.29, 1.82) is 0 Å². The Balaban J connectivity index is 2.07. The molecule has 0 aliphatic rings. The highest BCUT2D eigenvalue weighted by molar-refractivity contribution is 6.31. The van der Waals surface area contributed by atoms with E-state index in [2.05, 4.69) is 0 Å². The molecule has 2 aromatic rings. The molecular formula is C15H13ClF3N. The fourth-order valence-corrected chi connectivity index (χ4v) is 2.26. The average molecular weight is 300 g/mol. The van der Waals surface area contributed by atoms with E-state index in [9.17, 15) is 13.2 Å². The van der Waals surface area contributed by atoms with Gasteiger partial charge in [0, 0.05) is 17.1 Å². The highest BCUT2D eigenvalue weighted by atomic mass is 35.5. The van der Waals surface area contributed by atoms with Crippen molar-refractivity contribution >= 4 is 11.6 Å². The molecule has 0 aliphatic carbocycles. The second-order valence-corrected chi connectivity index (χ2v) is 5.05. The number of nitrogens with two attached hydrogens (primary N) is 1. The standard InChI is InChI=1S/C15H13ClF3N/c16-14-7-11(17)3-1-9(14)5-13(20)6-10-2-4-12(18)8-15(10)19/h1-4,7-8,13H,5-6,20H2. The van der Waals surface area contributed by atoms with Crippen LogP contribution < -0.4 is 5.73 Å². The van der Waals surface area contributed by atoms with Gasteiger partial charge in [0.05, 0.1) is 0 Å². The van der Waals surface area contributed by atoms with Crippen molar-refractivity contribution in [1.82, 2.24) is 0 Å². The highest BCUT2D eigenvalue weighted by Gasteiger charge is 2.12. The summed E-state index contributed by atoms with van der Waals surface area (Å²) < 4.78 is 39.2. The summed E-state index contributed by atoms with van der Waals surface area (Å²) in [6.07, 6.45) is 0.635. The van der Waals surface area contributed by atoms with E-state index in [-0.39, 0.29) is 6.42 Å². The van der Waals surface area contributed by atoms with Crippen LogP contribution in [0.2, 0.25) is 5.02 Å². The molecule has 2 aromatic carbocycles. The molecule has 0 aromatic heterocycles. The van der Waals surface area contributed by atoms with Gasteiger partial charge in [-0.2, -0.15) is 0 Å². The lowest BCUT2D eigenvalue weighted by Gasteiger charge is -2.13. The fourth-order valence-electron chi connectivity index (χ4n) is 2.01. The molecular weight excluding hydrogens is 287 g/mol. The molecule has 0 spiro atoms. The van der Waals surface area contributed by atoms with Gasteiger partial charge in [-0.25, -0.2) is 13.2 Å². The predicted molar refractivity (Wildman–Crippen MR) is 73.2 cm³/mol. The lowest BCUT2D eigenvalue weighted by Crippen LogP contribution is -2.26. The minimum atomic E-state index is -0.624. The Morgan fingerprint density at radius 3 is 2.05 bits per heavy atom. The quantitative estimate of drug-likeness (QED) is 0.911. The molecule has 20 heavy (non-hydrogen) atoms. The van der Waals surface area contributed by atoms with Crippen LogP contribution in [0.25, 0.3) is 0 Å². The van der Waals surface area contributed by atoms with Crippen molar-refractivity contribution in [2.24, 2.45) is 5.73 Å². The summed E-state index contributed by atoms with van der Waals surface area (Å²) in [7, 11) is 0. The van der Waals surface area contributed by atoms with Gasteiger partial charge in [0.2, 0.25) is 0 Å². The molecule has 0 saturated carbocycles. The van der Waals surface area contributed by atoms with Crippen LogP contribution in [0.15, 0.2) is 36.4 Å². The van der Waals surface area contributed by atoms with Gasteiger partial charge in [-0.05, 0) is 42.2 Å². The van der Waals surface area contributed by atoms with E-state index in [4.69, 9.17) is 17.3 Å². The summed E-state index contributed by atoms with van der Waals surface area (Å²) in [5.74, 6) is -1.66. The van der Waals surface area contributed by atoms with Gasteiger partial charge < -0.3 is 5.73 Å². The second-order valence-electron chi connectivity index (χ2n) is 4.64. The Morgan fingerprint density at radius 1 is 0.900 bits per heavy atom. The molecule has 106 valence electrons. The molecule has 0 bridgehead atoms. The van der Waals surface area contributed by atoms with Crippen LogP contribution in [0.1, 0.15) is 11.1 Å². The first-order valence-electron chi connectivity index (χ1n) is 6.09. The van der Waals surface area contributed by atoms with Crippen molar-refractivity contribution in [3.63, 3.8) is 0 Å². The normalized spacial score (nSPS) is 12.4. The minimum absolute atomic E-state index is 0.250. The van der Waals surface area contributed by atoms with Gasteiger partial charge in [0.15, 0.2) is 0 Å². The van der Waals surface area contributed by atoms with Gasteiger partial charge in [-0.15, -0.1) is 0 Å². The average Bonchev–Trinajstić information content (AvgIpc) is 2.36. The summed E-state index contributed by atoms with van der Waals surface area (Å²) >= 11 is 5.91. The van der Waals surface area contributed by atoms with E-state index >= 15 is 0 Å². The zero-order valence-electron chi connectivity index (χ0n) is 10.5. The van der Waals surface area contributed by atoms with E-state index in [1.54, 1.807) is 6.07 Å². The maximum atomic E-state index is 13.5. The summed E-state index contributed by atoms with van der Waals surface area (Å²) in [5.41, 5.74) is 6.98. The number of rotatable bonds is 4. The molecule has 2 rings (SSSR count). The van der Waals surface area contributed by atoms with Crippen LogP contribution in [0, 0.1) is 17.5 Å². The molecule has 0 amide bonds. The van der Waals surface area contributed by atoms with Crippen molar-refractivity contribution in [3.05, 3.63) is 70.0 Å². The van der Waals surface area contributed by atoms with E-state index in [0.29, 0.717) is 22.6 Å². The monoisotopic (exact) mass is 299 g/mol. The molecule has 1 nitrogen and oxygen atoms in total. The maximum Gasteiger partial charge on any atom is 0.129 e. The zero-order valence-corrected chi connectivity index (χ0v) is 11.3. The van der Waals surface area contributed by atoms with Crippen molar-refractivity contribution in [2.45, 2.75) is 18.9 Å². The SMILES string of the molecule is NC(Cc1ccc(F)cc1F)Cc1ccc(F)cc1Cl. The summed E-state index contributed by atoms with van der Waals surface area (Å²) in [6.45, 7) is 0. The topological polar surface area (TPSA) is 26.0 Å². The van der Waals surface area contributed by atoms with Gasteiger partial charge >= 0.3 is 0 Å². The highest BCUT2D eigenvalue weighted by Crippen LogP contribution is 2.20. The third kappa shape index (κ3) is 3.74. The molecule has 1 atom stereocenters. The van der Waals surface area contributed by atoms with Gasteiger partial charge in [0.25, 0.3) is 0 Å². The molecule has 0 fully saturated rings. The van der Waals surface area contributed by atoms with Gasteiger partial charge in [0.1, 0.15) is 17.5 Å². The molecule has 0 aliphatic heterocycles. The Labute approximate surface area is 120 Å². The lowest BCUT2D eigenvalue weighted by atomic mass is 9.99. The molecule has 0 radical (unpaired) electrons. The van der Waals surface area contributed by atoms with Crippen molar-refractivity contribution in [2.75, 3.05) is 0 Å². The third-order valence-corrected chi connectivity index (χ3v) is 3.35. The van der Waals surface area contributed by atoms with Gasteiger partial charge in [-0.3, -0.25) is 0 Å². The molecule has 0 saturated heterocycles. The van der Waals surface area contributed by atoms with Crippen LogP contribution >= 0.6 is 11.6 Å². The first kappa shape index (κ1) is 14.9. The number of hydrogen-bond acceptors (Lipinski definition) is 1. The van der Waals surface area contributed by atoms with E-state index in [1.165, 1.54) is 24.3 Å². The zero-order chi connectivity index (χ0) is 14.7. The van der Waals surface area contributed by atoms with E-state index in [1.807, 2.05) is 0 Å². The number of benzene rings is 2. The van der Waals surface area contributed by atoms with Gasteiger partial charge in [-0.1, -0.05) is 23.7 Å². The lowest BCUT2D eigenvalue weighted by molar-refractivity contribution is 0.558. The Hall–Kier alpha value is -1.52. The smallest absolute Gasteiger partial charge is 0.129 e. The number of halogens is 4. The van der Waals surface area contributed by atoms with Crippen LogP contribution in [0.3, 0.4) is 0 Å². The summed E-state index contributed by atoms with van der Waals surface area (Å²) in [6, 6.07) is 7.06. The van der Waals surface area contributed by atoms with Crippen LogP contribution in [0.5, 0.6) is 0 Å². The fraction of sp³-hybridized carbons (Fsp3) is 0.200. The van der Waals surface area contributed by atoms with Crippen LogP contribution in [-0.4, -0.2) is 6.04 Å². The molecule has 0 heterocycles. The molecule has 5 heteroatoms. The Morgan fingerprint density at radius 2 is 1.45 bits per heavy atom. The Bertz CT molecular complexity index is 563. The first-order valence-corrected chi connectivity index (χ1v) is 6.47. The van der Waals surface area contributed by atoms with E-state index < -0.39 is 23.5 Å². The first-order chi connectivity index (χ1) is 9.45. The summed E-state index contributed by atoms with van der Waals surface area (Å²) in [5, 5.41) is 0.292. The van der Waals surface area contributed by atoms with Crippen molar-refractivity contribution < 1.29 is 13.2 Å². The largest absolute Gasteiger partial charge is 0.327 e. The van der Waals surface area contributed by atoms with Crippen LogP contribution in [-0.2, 0) is 12.8 Å². The maximum absolute atomic E-state index is 13.5. The Kier molecular flexibility index (Phi) is 4.68. The minimum Gasteiger partial charge on any atom is -0.327 e. The second kappa shape index (κ2) is 6.29.